The molecule has 0 saturated heterocycles. The van der Waals surface area contributed by atoms with E-state index in [9.17, 15) is 4.79 Å². The van der Waals surface area contributed by atoms with Gasteiger partial charge in [-0.25, -0.2) is 9.78 Å². The molecule has 3 aromatic heterocycles. The van der Waals surface area contributed by atoms with Crippen molar-refractivity contribution >= 4 is 11.6 Å². The molecular formula is C15H14N2O3. The summed E-state index contributed by atoms with van der Waals surface area (Å²) in [5.41, 5.74) is 2.67. The Balaban J connectivity index is 1.72. The van der Waals surface area contributed by atoms with Crippen molar-refractivity contribution in [3.05, 3.63) is 59.4 Å². The number of aromatic nitrogens is 2. The first-order valence-electron chi connectivity index (χ1n) is 6.29. The fourth-order valence-corrected chi connectivity index (χ4v) is 1.98. The van der Waals surface area contributed by atoms with Gasteiger partial charge in [-0.3, -0.25) is 0 Å². The van der Waals surface area contributed by atoms with Crippen molar-refractivity contribution in [1.82, 2.24) is 9.38 Å². The van der Waals surface area contributed by atoms with Crippen LogP contribution in [0.1, 0.15) is 27.6 Å². The van der Waals surface area contributed by atoms with Crippen LogP contribution in [0.2, 0.25) is 0 Å². The van der Waals surface area contributed by atoms with Crippen LogP contribution in [-0.4, -0.2) is 15.4 Å². The highest BCUT2D eigenvalue weighted by Crippen LogP contribution is 2.11. The van der Waals surface area contributed by atoms with E-state index in [-0.39, 0.29) is 12.4 Å². The Bertz CT molecular complexity index is 770. The summed E-state index contributed by atoms with van der Waals surface area (Å²) in [7, 11) is 0. The Morgan fingerprint density at radius 3 is 2.85 bits per heavy atom. The summed E-state index contributed by atoms with van der Waals surface area (Å²) >= 11 is 0. The number of nitrogens with zero attached hydrogens (tertiary/aromatic N) is 2. The van der Waals surface area contributed by atoms with Crippen LogP contribution in [0.5, 0.6) is 0 Å². The minimum Gasteiger partial charge on any atom is -0.454 e. The normalized spacial score (nSPS) is 10.9. The number of carbonyl (C=O) groups excluding carboxylic acids is 1. The predicted molar refractivity (Wildman–Crippen MR) is 72.5 cm³/mol. The van der Waals surface area contributed by atoms with Gasteiger partial charge in [-0.2, -0.15) is 0 Å². The molecule has 0 fully saturated rings. The van der Waals surface area contributed by atoms with Crippen LogP contribution in [0.15, 0.2) is 41.1 Å². The molecule has 0 aromatic carbocycles. The second kappa shape index (κ2) is 4.85. The Labute approximate surface area is 115 Å². The van der Waals surface area contributed by atoms with Gasteiger partial charge in [-0.1, -0.05) is 6.07 Å². The molecule has 3 aromatic rings. The fourth-order valence-electron chi connectivity index (χ4n) is 1.98. The molecule has 0 amide bonds. The average molecular weight is 270 g/mol. The van der Waals surface area contributed by atoms with Gasteiger partial charge in [-0.15, -0.1) is 0 Å². The van der Waals surface area contributed by atoms with E-state index in [2.05, 4.69) is 4.98 Å². The van der Waals surface area contributed by atoms with Crippen LogP contribution in [0.25, 0.3) is 5.65 Å². The number of hydrogen-bond acceptors (Lipinski definition) is 4. The van der Waals surface area contributed by atoms with Gasteiger partial charge in [0.1, 0.15) is 18.0 Å². The van der Waals surface area contributed by atoms with Gasteiger partial charge < -0.3 is 13.6 Å². The lowest BCUT2D eigenvalue weighted by atomic mass is 10.3. The van der Waals surface area contributed by atoms with Crippen molar-refractivity contribution < 1.29 is 13.9 Å². The van der Waals surface area contributed by atoms with Crippen LogP contribution < -0.4 is 0 Å². The van der Waals surface area contributed by atoms with E-state index in [4.69, 9.17) is 9.15 Å². The summed E-state index contributed by atoms with van der Waals surface area (Å²) in [6, 6.07) is 7.25. The topological polar surface area (TPSA) is 56.7 Å². The van der Waals surface area contributed by atoms with E-state index in [0.29, 0.717) is 11.5 Å². The van der Waals surface area contributed by atoms with Crippen LogP contribution in [0.4, 0.5) is 0 Å². The van der Waals surface area contributed by atoms with E-state index in [1.54, 1.807) is 19.1 Å². The van der Waals surface area contributed by atoms with Crippen molar-refractivity contribution in [1.29, 1.82) is 0 Å². The molecule has 3 rings (SSSR count). The van der Waals surface area contributed by atoms with Gasteiger partial charge in [0.25, 0.3) is 0 Å². The quantitative estimate of drug-likeness (QED) is 0.687. The second-order valence-corrected chi connectivity index (χ2v) is 4.69. The highest BCUT2D eigenvalue weighted by Gasteiger charge is 2.12. The molecule has 0 spiro atoms. The van der Waals surface area contributed by atoms with E-state index in [1.165, 1.54) is 0 Å². The molecule has 5 heteroatoms. The van der Waals surface area contributed by atoms with Crippen molar-refractivity contribution in [3.63, 3.8) is 0 Å². The third kappa shape index (κ3) is 2.42. The van der Waals surface area contributed by atoms with E-state index in [1.807, 2.05) is 35.9 Å². The van der Waals surface area contributed by atoms with Gasteiger partial charge in [0.15, 0.2) is 0 Å². The number of carbonyl (C=O) groups is 1. The lowest BCUT2D eigenvalue weighted by molar-refractivity contribution is 0.0430. The van der Waals surface area contributed by atoms with Gasteiger partial charge in [0.2, 0.25) is 5.76 Å². The lowest BCUT2D eigenvalue weighted by Gasteiger charge is -1.99. The minimum atomic E-state index is -0.480. The summed E-state index contributed by atoms with van der Waals surface area (Å²) in [6.07, 6.45) is 3.83. The van der Waals surface area contributed by atoms with Crippen molar-refractivity contribution in [2.75, 3.05) is 0 Å². The zero-order valence-corrected chi connectivity index (χ0v) is 11.3. The number of aryl methyl sites for hydroxylation is 2. The standard InChI is InChI=1S/C15H14N2O3/c1-10-3-6-14-16-12(8-17(14)7-10)9-19-15(18)13-5-4-11(2)20-13/h3-8H,9H2,1-2H3. The van der Waals surface area contributed by atoms with Gasteiger partial charge in [0, 0.05) is 12.4 Å². The van der Waals surface area contributed by atoms with E-state index >= 15 is 0 Å². The van der Waals surface area contributed by atoms with Crippen molar-refractivity contribution in [2.24, 2.45) is 0 Å². The number of fused-ring (bicyclic) bond motifs is 1. The molecule has 0 atom stereocenters. The Hall–Kier alpha value is -2.56. The van der Waals surface area contributed by atoms with Crippen molar-refractivity contribution in [3.8, 4) is 0 Å². The Morgan fingerprint density at radius 1 is 1.25 bits per heavy atom. The zero-order valence-electron chi connectivity index (χ0n) is 11.3. The monoisotopic (exact) mass is 270 g/mol. The molecule has 0 bridgehead atoms. The molecule has 3 heterocycles. The highest BCUT2D eigenvalue weighted by molar-refractivity contribution is 5.86. The summed E-state index contributed by atoms with van der Waals surface area (Å²) in [5.74, 6) is 0.411. The predicted octanol–water partition coefficient (Wildman–Crippen LogP) is 2.90. The van der Waals surface area contributed by atoms with Gasteiger partial charge in [-0.05, 0) is 37.6 Å². The average Bonchev–Trinajstić information content (AvgIpc) is 3.01. The molecule has 0 unspecified atom stereocenters. The number of imidazole rings is 1. The first kappa shape index (κ1) is 12.5. The SMILES string of the molecule is Cc1ccc2nc(COC(=O)c3ccc(C)o3)cn2c1. The van der Waals surface area contributed by atoms with Crippen LogP contribution in [0, 0.1) is 13.8 Å². The summed E-state index contributed by atoms with van der Waals surface area (Å²) in [6.45, 7) is 3.92. The first-order chi connectivity index (χ1) is 9.61. The number of esters is 1. The zero-order chi connectivity index (χ0) is 14.1. The molecule has 0 saturated carbocycles. The van der Waals surface area contributed by atoms with Gasteiger partial charge >= 0.3 is 5.97 Å². The number of hydrogen-bond donors (Lipinski definition) is 0. The molecule has 0 aliphatic carbocycles. The van der Waals surface area contributed by atoms with Crippen molar-refractivity contribution in [2.45, 2.75) is 20.5 Å². The van der Waals surface area contributed by atoms with E-state index < -0.39 is 5.97 Å². The number of furan rings is 1. The Kier molecular flexibility index (Phi) is 3.02. The molecule has 0 N–H and O–H groups in total. The minimum absolute atomic E-state index is 0.124. The molecule has 0 aliphatic rings. The number of rotatable bonds is 3. The smallest absolute Gasteiger partial charge is 0.374 e. The molecule has 0 radical (unpaired) electrons. The number of ether oxygens (including phenoxy) is 1. The molecule has 5 nitrogen and oxygen atoms in total. The molecule has 0 aliphatic heterocycles. The third-order valence-electron chi connectivity index (χ3n) is 2.94. The maximum atomic E-state index is 11.8. The summed E-state index contributed by atoms with van der Waals surface area (Å²) in [4.78, 5) is 16.1. The van der Waals surface area contributed by atoms with Crippen LogP contribution >= 0.6 is 0 Å². The van der Waals surface area contributed by atoms with Crippen LogP contribution in [0.3, 0.4) is 0 Å². The fraction of sp³-hybridized carbons (Fsp3) is 0.200. The summed E-state index contributed by atoms with van der Waals surface area (Å²) < 4.78 is 12.3. The van der Waals surface area contributed by atoms with Gasteiger partial charge in [0.05, 0.1) is 5.69 Å². The molecule has 20 heavy (non-hydrogen) atoms. The third-order valence-corrected chi connectivity index (χ3v) is 2.94. The number of pyridine rings is 1. The highest BCUT2D eigenvalue weighted by atomic mass is 16.5. The van der Waals surface area contributed by atoms with Crippen LogP contribution in [-0.2, 0) is 11.3 Å². The second-order valence-electron chi connectivity index (χ2n) is 4.69. The van der Waals surface area contributed by atoms with E-state index in [0.717, 1.165) is 11.2 Å². The first-order valence-corrected chi connectivity index (χ1v) is 6.29. The largest absolute Gasteiger partial charge is 0.454 e. The Morgan fingerprint density at radius 2 is 2.10 bits per heavy atom. The molecular weight excluding hydrogens is 256 g/mol. The maximum Gasteiger partial charge on any atom is 0.374 e. The maximum absolute atomic E-state index is 11.8. The molecule has 102 valence electrons. The summed E-state index contributed by atoms with van der Waals surface area (Å²) in [5, 5.41) is 0. The lowest BCUT2D eigenvalue weighted by Crippen LogP contribution is -2.04.